The van der Waals surface area contributed by atoms with Crippen LogP contribution in [0.1, 0.15) is 39.2 Å². The number of hydrogen-bond acceptors (Lipinski definition) is 2. The van der Waals surface area contributed by atoms with Gasteiger partial charge in [-0.15, -0.1) is 0 Å². The van der Waals surface area contributed by atoms with E-state index >= 15 is 0 Å². The van der Waals surface area contributed by atoms with Crippen molar-refractivity contribution in [1.29, 1.82) is 0 Å². The molecule has 0 heterocycles. The van der Waals surface area contributed by atoms with Gasteiger partial charge in [-0.25, -0.2) is 0 Å². The zero-order valence-corrected chi connectivity index (χ0v) is 12.2. The third-order valence-electron chi connectivity index (χ3n) is 3.15. The summed E-state index contributed by atoms with van der Waals surface area (Å²) in [4.78, 5) is 0. The highest BCUT2D eigenvalue weighted by Crippen LogP contribution is 2.12. The summed E-state index contributed by atoms with van der Waals surface area (Å²) in [7, 11) is 1.70. The van der Waals surface area contributed by atoms with Crippen LogP contribution in [0.5, 0.6) is 5.75 Å². The SMILES string of the molecule is COc1ccc(CC(C)NCCCC(C)C)cc1. The van der Waals surface area contributed by atoms with Gasteiger partial charge in [-0.1, -0.05) is 26.0 Å². The van der Waals surface area contributed by atoms with Crippen LogP contribution in [0, 0.1) is 5.92 Å². The Morgan fingerprint density at radius 2 is 1.78 bits per heavy atom. The second-order valence-electron chi connectivity index (χ2n) is 5.44. The average Bonchev–Trinajstić information content (AvgIpc) is 2.35. The molecule has 0 aliphatic carbocycles. The number of rotatable bonds is 8. The molecule has 2 heteroatoms. The fourth-order valence-corrected chi connectivity index (χ4v) is 2.05. The molecule has 1 aromatic rings. The van der Waals surface area contributed by atoms with Gasteiger partial charge in [0.1, 0.15) is 5.75 Å². The molecule has 0 bridgehead atoms. The van der Waals surface area contributed by atoms with Crippen molar-refractivity contribution in [3.8, 4) is 5.75 Å². The van der Waals surface area contributed by atoms with Crippen molar-refractivity contribution in [2.45, 2.75) is 46.1 Å². The number of benzene rings is 1. The molecule has 0 aliphatic rings. The highest BCUT2D eigenvalue weighted by Gasteiger charge is 2.03. The van der Waals surface area contributed by atoms with Gasteiger partial charge in [0, 0.05) is 6.04 Å². The molecule has 1 unspecified atom stereocenters. The molecule has 1 N–H and O–H groups in total. The highest BCUT2D eigenvalue weighted by atomic mass is 16.5. The maximum absolute atomic E-state index is 5.16. The Hall–Kier alpha value is -1.02. The number of ether oxygens (including phenoxy) is 1. The van der Waals surface area contributed by atoms with Gasteiger partial charge in [-0.3, -0.25) is 0 Å². The van der Waals surface area contributed by atoms with Crippen LogP contribution in [0.3, 0.4) is 0 Å². The van der Waals surface area contributed by atoms with E-state index in [0.717, 1.165) is 24.6 Å². The van der Waals surface area contributed by atoms with Crippen LogP contribution in [0.4, 0.5) is 0 Å². The third-order valence-corrected chi connectivity index (χ3v) is 3.15. The lowest BCUT2D eigenvalue weighted by atomic mass is 10.1. The molecular weight excluding hydrogens is 222 g/mol. The van der Waals surface area contributed by atoms with Crippen LogP contribution < -0.4 is 10.1 Å². The Bertz CT molecular complexity index is 318. The first-order chi connectivity index (χ1) is 8.61. The van der Waals surface area contributed by atoms with Crippen LogP contribution in [0.25, 0.3) is 0 Å². The van der Waals surface area contributed by atoms with Crippen LogP contribution in [0.15, 0.2) is 24.3 Å². The van der Waals surface area contributed by atoms with Crippen molar-refractivity contribution in [2.24, 2.45) is 5.92 Å². The van der Waals surface area contributed by atoms with Crippen molar-refractivity contribution in [1.82, 2.24) is 5.32 Å². The minimum atomic E-state index is 0.533. The summed E-state index contributed by atoms with van der Waals surface area (Å²) in [5.74, 6) is 1.74. The van der Waals surface area contributed by atoms with Gasteiger partial charge < -0.3 is 10.1 Å². The van der Waals surface area contributed by atoms with E-state index in [0.29, 0.717) is 6.04 Å². The summed E-state index contributed by atoms with van der Waals surface area (Å²) in [5, 5.41) is 3.58. The summed E-state index contributed by atoms with van der Waals surface area (Å²) in [6, 6.07) is 8.88. The smallest absolute Gasteiger partial charge is 0.118 e. The minimum absolute atomic E-state index is 0.533. The van der Waals surface area contributed by atoms with Gasteiger partial charge >= 0.3 is 0 Å². The Balaban J connectivity index is 2.24. The van der Waals surface area contributed by atoms with Gasteiger partial charge in [-0.05, 0) is 56.3 Å². The maximum atomic E-state index is 5.16. The van der Waals surface area contributed by atoms with Crippen molar-refractivity contribution >= 4 is 0 Å². The molecule has 18 heavy (non-hydrogen) atoms. The van der Waals surface area contributed by atoms with E-state index in [2.05, 4.69) is 38.2 Å². The molecule has 0 amide bonds. The molecule has 0 aliphatic heterocycles. The minimum Gasteiger partial charge on any atom is -0.497 e. The Kier molecular flexibility index (Phi) is 6.81. The summed E-state index contributed by atoms with van der Waals surface area (Å²) >= 11 is 0. The lowest BCUT2D eigenvalue weighted by molar-refractivity contribution is 0.414. The second kappa shape index (κ2) is 8.15. The first-order valence-corrected chi connectivity index (χ1v) is 6.98. The molecule has 0 saturated carbocycles. The van der Waals surface area contributed by atoms with Gasteiger partial charge in [0.25, 0.3) is 0 Å². The van der Waals surface area contributed by atoms with Crippen molar-refractivity contribution in [3.63, 3.8) is 0 Å². The first kappa shape index (κ1) is 15.0. The van der Waals surface area contributed by atoms with E-state index in [4.69, 9.17) is 4.74 Å². The van der Waals surface area contributed by atoms with E-state index in [1.807, 2.05) is 12.1 Å². The second-order valence-corrected chi connectivity index (χ2v) is 5.44. The lowest BCUT2D eigenvalue weighted by Crippen LogP contribution is -2.29. The fraction of sp³-hybridized carbons (Fsp3) is 0.625. The molecular formula is C16H27NO. The number of nitrogens with one attached hydrogen (secondary N) is 1. The Morgan fingerprint density at radius 1 is 1.11 bits per heavy atom. The highest BCUT2D eigenvalue weighted by molar-refractivity contribution is 5.27. The van der Waals surface area contributed by atoms with Gasteiger partial charge in [0.2, 0.25) is 0 Å². The Labute approximate surface area is 112 Å². The predicted octanol–water partition coefficient (Wildman–Crippen LogP) is 3.65. The normalized spacial score (nSPS) is 12.7. The third kappa shape index (κ3) is 6.06. The molecule has 0 radical (unpaired) electrons. The largest absolute Gasteiger partial charge is 0.497 e. The van der Waals surface area contributed by atoms with Crippen LogP contribution >= 0.6 is 0 Å². The molecule has 0 spiro atoms. The molecule has 1 atom stereocenters. The van der Waals surface area contributed by atoms with E-state index < -0.39 is 0 Å². The molecule has 0 aromatic heterocycles. The molecule has 0 fully saturated rings. The van der Waals surface area contributed by atoms with E-state index in [-0.39, 0.29) is 0 Å². The van der Waals surface area contributed by atoms with Gasteiger partial charge in [-0.2, -0.15) is 0 Å². The molecule has 0 saturated heterocycles. The summed E-state index contributed by atoms with van der Waals surface area (Å²) < 4.78 is 5.16. The lowest BCUT2D eigenvalue weighted by Gasteiger charge is -2.14. The number of hydrogen-bond donors (Lipinski definition) is 1. The molecule has 1 aromatic carbocycles. The van der Waals surface area contributed by atoms with Crippen molar-refractivity contribution < 1.29 is 4.74 Å². The molecule has 2 nitrogen and oxygen atoms in total. The quantitative estimate of drug-likeness (QED) is 0.710. The molecule has 102 valence electrons. The maximum Gasteiger partial charge on any atom is 0.118 e. The monoisotopic (exact) mass is 249 g/mol. The fourth-order valence-electron chi connectivity index (χ4n) is 2.05. The van der Waals surface area contributed by atoms with Crippen LogP contribution in [-0.2, 0) is 6.42 Å². The zero-order valence-electron chi connectivity index (χ0n) is 12.2. The zero-order chi connectivity index (χ0) is 13.4. The summed E-state index contributed by atoms with van der Waals surface area (Å²) in [6.45, 7) is 7.93. The van der Waals surface area contributed by atoms with E-state index in [1.165, 1.54) is 18.4 Å². The number of methoxy groups -OCH3 is 1. The topological polar surface area (TPSA) is 21.3 Å². The van der Waals surface area contributed by atoms with Crippen molar-refractivity contribution in [2.75, 3.05) is 13.7 Å². The van der Waals surface area contributed by atoms with E-state index in [9.17, 15) is 0 Å². The van der Waals surface area contributed by atoms with E-state index in [1.54, 1.807) is 7.11 Å². The summed E-state index contributed by atoms with van der Waals surface area (Å²) in [6.07, 6.45) is 3.65. The Morgan fingerprint density at radius 3 is 2.33 bits per heavy atom. The van der Waals surface area contributed by atoms with Crippen LogP contribution in [0.2, 0.25) is 0 Å². The predicted molar refractivity (Wildman–Crippen MR) is 78.2 cm³/mol. The summed E-state index contributed by atoms with van der Waals surface area (Å²) in [5.41, 5.74) is 1.36. The average molecular weight is 249 g/mol. The van der Waals surface area contributed by atoms with Crippen molar-refractivity contribution in [3.05, 3.63) is 29.8 Å². The van der Waals surface area contributed by atoms with Gasteiger partial charge in [0.15, 0.2) is 0 Å². The first-order valence-electron chi connectivity index (χ1n) is 6.98. The molecule has 1 rings (SSSR count). The standard InChI is InChI=1S/C16H27NO/c1-13(2)6-5-11-17-14(3)12-15-7-9-16(18-4)10-8-15/h7-10,13-14,17H,5-6,11-12H2,1-4H3. The van der Waals surface area contributed by atoms with Gasteiger partial charge in [0.05, 0.1) is 7.11 Å². The van der Waals surface area contributed by atoms with Crippen LogP contribution in [-0.4, -0.2) is 19.7 Å².